The Bertz CT molecular complexity index is 941. The normalized spacial score (nSPS) is 10.7. The van der Waals surface area contributed by atoms with E-state index in [4.69, 9.17) is 23.2 Å². The molecule has 0 aliphatic carbocycles. The summed E-state index contributed by atoms with van der Waals surface area (Å²) in [4.78, 5) is 13.5. The van der Waals surface area contributed by atoms with E-state index in [1.54, 1.807) is 35.6 Å². The van der Waals surface area contributed by atoms with Gasteiger partial charge in [0.2, 0.25) is 5.91 Å². The molecule has 2 aromatic heterocycles. The average Bonchev–Trinajstić information content (AvgIpc) is 3.28. The number of hydrogen-bond acceptors (Lipinski definition) is 5. The van der Waals surface area contributed by atoms with Crippen LogP contribution in [0.2, 0.25) is 10.0 Å². The van der Waals surface area contributed by atoms with E-state index in [9.17, 15) is 4.79 Å². The number of halogens is 2. The van der Waals surface area contributed by atoms with Crippen LogP contribution in [-0.2, 0) is 17.8 Å². The third-order valence-electron chi connectivity index (χ3n) is 3.55. The van der Waals surface area contributed by atoms with Crippen molar-refractivity contribution >= 4 is 57.9 Å². The maximum Gasteiger partial charge on any atom is 0.234 e. The summed E-state index contributed by atoms with van der Waals surface area (Å²) in [5.41, 5.74) is 0.487. The van der Waals surface area contributed by atoms with Crippen LogP contribution in [0.15, 0.2) is 53.5 Å². The first-order valence-electron chi connectivity index (χ1n) is 8.00. The zero-order valence-corrected chi connectivity index (χ0v) is 17.3. The van der Waals surface area contributed by atoms with Crippen molar-refractivity contribution in [3.63, 3.8) is 0 Å². The topological polar surface area (TPSA) is 59.8 Å². The molecule has 3 rings (SSSR count). The van der Waals surface area contributed by atoms with Crippen molar-refractivity contribution in [2.45, 2.75) is 18.1 Å². The number of benzene rings is 1. The fraction of sp³-hybridized carbons (Fsp3) is 0.167. The van der Waals surface area contributed by atoms with E-state index < -0.39 is 0 Å². The lowest BCUT2D eigenvalue weighted by Crippen LogP contribution is -2.15. The first-order valence-corrected chi connectivity index (χ1v) is 10.6. The molecule has 9 heteroatoms. The molecule has 0 fully saturated rings. The average molecular weight is 439 g/mol. The monoisotopic (exact) mass is 438 g/mol. The predicted molar refractivity (Wildman–Crippen MR) is 113 cm³/mol. The van der Waals surface area contributed by atoms with Crippen LogP contribution in [0.5, 0.6) is 0 Å². The van der Waals surface area contributed by atoms with Crippen LogP contribution < -0.4 is 5.32 Å². The highest BCUT2D eigenvalue weighted by molar-refractivity contribution is 7.99. The van der Waals surface area contributed by atoms with Gasteiger partial charge in [0.1, 0.15) is 5.82 Å². The number of thioether (sulfide) groups is 1. The van der Waals surface area contributed by atoms with Gasteiger partial charge in [0, 0.05) is 22.9 Å². The molecule has 27 heavy (non-hydrogen) atoms. The minimum atomic E-state index is -0.197. The molecule has 1 aromatic carbocycles. The van der Waals surface area contributed by atoms with Crippen LogP contribution >= 0.6 is 46.3 Å². The Kier molecular flexibility index (Phi) is 6.95. The van der Waals surface area contributed by atoms with E-state index in [1.165, 1.54) is 16.6 Å². The van der Waals surface area contributed by atoms with Gasteiger partial charge >= 0.3 is 0 Å². The Hall–Kier alpha value is -1.80. The number of thiophene rings is 1. The molecule has 0 aliphatic rings. The third kappa shape index (κ3) is 5.35. The molecule has 5 nitrogen and oxygen atoms in total. The predicted octanol–water partition coefficient (Wildman–Crippen LogP) is 5.15. The van der Waals surface area contributed by atoms with Gasteiger partial charge in [-0.05, 0) is 29.6 Å². The molecule has 2 heterocycles. The standard InChI is InChI=1S/C18H16Cl2N4OS2/c1-2-7-24-16(10-13-4-3-8-26-13)22-23-18(24)27-11-17(25)21-15-9-12(19)5-6-14(15)20/h2-6,8-9H,1,7,10-11H2,(H,21,25). The lowest BCUT2D eigenvalue weighted by atomic mass is 10.3. The van der Waals surface area contributed by atoms with Gasteiger partial charge in [-0.25, -0.2) is 0 Å². The molecule has 0 bridgehead atoms. The summed E-state index contributed by atoms with van der Waals surface area (Å²) in [6.45, 7) is 4.38. The molecule has 0 radical (unpaired) electrons. The second-order valence-corrected chi connectivity index (χ2v) is 8.33. The van der Waals surface area contributed by atoms with Gasteiger partial charge in [-0.2, -0.15) is 0 Å². The van der Waals surface area contributed by atoms with Crippen molar-refractivity contribution in [3.05, 3.63) is 69.1 Å². The number of nitrogens with one attached hydrogen (secondary N) is 1. The fourth-order valence-corrected chi connectivity index (χ4v) is 4.15. The van der Waals surface area contributed by atoms with Crippen LogP contribution in [0, 0.1) is 0 Å². The maximum absolute atomic E-state index is 12.3. The van der Waals surface area contributed by atoms with E-state index in [-0.39, 0.29) is 11.7 Å². The Morgan fingerprint density at radius 1 is 1.33 bits per heavy atom. The quantitative estimate of drug-likeness (QED) is 0.389. The fourth-order valence-electron chi connectivity index (χ4n) is 2.35. The first kappa shape index (κ1) is 19.9. The van der Waals surface area contributed by atoms with Crippen molar-refractivity contribution in [2.75, 3.05) is 11.1 Å². The van der Waals surface area contributed by atoms with Crippen molar-refractivity contribution in [3.8, 4) is 0 Å². The Labute approximate surface area is 175 Å². The number of amides is 1. The molecule has 0 saturated heterocycles. The lowest BCUT2D eigenvalue weighted by Gasteiger charge is -2.09. The summed E-state index contributed by atoms with van der Waals surface area (Å²) in [5, 5.41) is 14.9. The van der Waals surface area contributed by atoms with Crippen molar-refractivity contribution in [1.29, 1.82) is 0 Å². The minimum Gasteiger partial charge on any atom is -0.324 e. The van der Waals surface area contributed by atoms with Crippen LogP contribution in [0.1, 0.15) is 10.7 Å². The molecule has 1 N–H and O–H groups in total. The number of anilines is 1. The van der Waals surface area contributed by atoms with Gasteiger partial charge in [-0.3, -0.25) is 4.79 Å². The third-order valence-corrected chi connectivity index (χ3v) is 5.96. The van der Waals surface area contributed by atoms with Crippen molar-refractivity contribution in [1.82, 2.24) is 14.8 Å². The largest absolute Gasteiger partial charge is 0.324 e. The van der Waals surface area contributed by atoms with E-state index in [2.05, 4.69) is 28.2 Å². The molecular formula is C18H16Cl2N4OS2. The Morgan fingerprint density at radius 3 is 2.93 bits per heavy atom. The number of carbonyl (C=O) groups excluding carboxylic acids is 1. The summed E-state index contributed by atoms with van der Waals surface area (Å²) < 4.78 is 1.97. The molecule has 3 aromatic rings. The first-order chi connectivity index (χ1) is 13.1. The number of allylic oxidation sites excluding steroid dienone is 1. The van der Waals surface area contributed by atoms with Gasteiger partial charge in [-0.15, -0.1) is 28.1 Å². The molecule has 0 atom stereocenters. The lowest BCUT2D eigenvalue weighted by molar-refractivity contribution is -0.113. The number of aromatic nitrogens is 3. The summed E-state index contributed by atoms with van der Waals surface area (Å²) in [6, 6.07) is 9.00. The highest BCUT2D eigenvalue weighted by Gasteiger charge is 2.15. The van der Waals surface area contributed by atoms with Gasteiger partial charge < -0.3 is 9.88 Å². The number of carbonyl (C=O) groups is 1. The second kappa shape index (κ2) is 9.41. The number of hydrogen-bond donors (Lipinski definition) is 1. The molecule has 0 unspecified atom stereocenters. The minimum absolute atomic E-state index is 0.178. The SMILES string of the molecule is C=CCn1c(Cc2cccs2)nnc1SCC(=O)Nc1cc(Cl)ccc1Cl. The van der Waals surface area contributed by atoms with Crippen LogP contribution in [0.3, 0.4) is 0 Å². The summed E-state index contributed by atoms with van der Waals surface area (Å²) in [6.07, 6.45) is 2.49. The molecule has 0 saturated carbocycles. The Balaban J connectivity index is 1.66. The smallest absolute Gasteiger partial charge is 0.234 e. The summed E-state index contributed by atoms with van der Waals surface area (Å²) in [7, 11) is 0. The molecule has 140 valence electrons. The number of nitrogens with zero attached hydrogens (tertiary/aromatic N) is 3. The zero-order chi connectivity index (χ0) is 19.2. The van der Waals surface area contributed by atoms with Gasteiger partial charge in [0.25, 0.3) is 0 Å². The summed E-state index contributed by atoms with van der Waals surface area (Å²) >= 11 is 15.0. The molecule has 0 aliphatic heterocycles. The van der Waals surface area contributed by atoms with Gasteiger partial charge in [0.05, 0.1) is 16.5 Å². The highest BCUT2D eigenvalue weighted by Crippen LogP contribution is 2.26. The summed E-state index contributed by atoms with van der Waals surface area (Å²) in [5.74, 6) is 0.826. The van der Waals surface area contributed by atoms with E-state index >= 15 is 0 Å². The van der Waals surface area contributed by atoms with Crippen molar-refractivity contribution in [2.24, 2.45) is 0 Å². The van der Waals surface area contributed by atoms with Crippen LogP contribution in [-0.4, -0.2) is 26.4 Å². The molecule has 1 amide bonds. The van der Waals surface area contributed by atoms with Gasteiger partial charge in [-0.1, -0.05) is 47.1 Å². The van der Waals surface area contributed by atoms with Crippen molar-refractivity contribution < 1.29 is 4.79 Å². The Morgan fingerprint density at radius 2 is 2.19 bits per heavy atom. The van der Waals surface area contributed by atoms with E-state index in [1.807, 2.05) is 16.0 Å². The second-order valence-electron chi connectivity index (χ2n) is 5.52. The highest BCUT2D eigenvalue weighted by atomic mass is 35.5. The maximum atomic E-state index is 12.3. The molecular weight excluding hydrogens is 423 g/mol. The molecule has 0 spiro atoms. The van der Waals surface area contributed by atoms with E-state index in [0.29, 0.717) is 33.9 Å². The van der Waals surface area contributed by atoms with E-state index in [0.717, 1.165) is 5.82 Å². The van der Waals surface area contributed by atoms with Crippen LogP contribution in [0.4, 0.5) is 5.69 Å². The van der Waals surface area contributed by atoms with Crippen LogP contribution in [0.25, 0.3) is 0 Å². The van der Waals surface area contributed by atoms with Gasteiger partial charge in [0.15, 0.2) is 5.16 Å². The number of rotatable bonds is 8. The zero-order valence-electron chi connectivity index (χ0n) is 14.2.